The number of piperazine rings is 1. The standard InChI is InChI=1S/C12H20N4/c1-12(2)9-16(7-6-15(12)3)10-4-5-14-11(13)8-10/h4-5,8H,6-7,9H2,1-3H3,(H2,13,14). The van der Waals surface area contributed by atoms with Gasteiger partial charge in [-0.25, -0.2) is 4.98 Å². The van der Waals surface area contributed by atoms with E-state index >= 15 is 0 Å². The summed E-state index contributed by atoms with van der Waals surface area (Å²) in [5.74, 6) is 0.592. The van der Waals surface area contributed by atoms with Crippen LogP contribution in [0.5, 0.6) is 0 Å². The molecule has 0 saturated carbocycles. The Hall–Kier alpha value is -1.29. The highest BCUT2D eigenvalue weighted by atomic mass is 15.3. The minimum absolute atomic E-state index is 0.205. The van der Waals surface area contributed by atoms with Gasteiger partial charge in [0.25, 0.3) is 0 Å². The number of pyridine rings is 1. The maximum absolute atomic E-state index is 5.71. The van der Waals surface area contributed by atoms with Gasteiger partial charge in [-0.05, 0) is 27.0 Å². The summed E-state index contributed by atoms with van der Waals surface area (Å²) >= 11 is 0. The molecule has 1 aromatic rings. The number of rotatable bonds is 1. The Labute approximate surface area is 97.1 Å². The summed E-state index contributed by atoms with van der Waals surface area (Å²) in [7, 11) is 2.18. The van der Waals surface area contributed by atoms with Crippen molar-refractivity contribution in [1.29, 1.82) is 0 Å². The minimum Gasteiger partial charge on any atom is -0.384 e. The summed E-state index contributed by atoms with van der Waals surface area (Å²) in [5.41, 5.74) is 7.09. The van der Waals surface area contributed by atoms with Crippen LogP contribution in [0.3, 0.4) is 0 Å². The summed E-state index contributed by atoms with van der Waals surface area (Å²) in [6, 6.07) is 3.97. The maximum atomic E-state index is 5.71. The van der Waals surface area contributed by atoms with Crippen LogP contribution in [0.15, 0.2) is 18.3 Å². The van der Waals surface area contributed by atoms with Crippen LogP contribution >= 0.6 is 0 Å². The third-order valence-electron chi connectivity index (χ3n) is 3.45. The fraction of sp³-hybridized carbons (Fsp3) is 0.583. The van der Waals surface area contributed by atoms with E-state index in [1.807, 2.05) is 12.1 Å². The van der Waals surface area contributed by atoms with Gasteiger partial charge in [0.05, 0.1) is 0 Å². The van der Waals surface area contributed by atoms with Crippen LogP contribution in [0, 0.1) is 0 Å². The van der Waals surface area contributed by atoms with Gasteiger partial charge in [0, 0.05) is 43.1 Å². The second-order valence-corrected chi connectivity index (χ2v) is 5.09. The Balaban J connectivity index is 2.18. The van der Waals surface area contributed by atoms with Gasteiger partial charge in [-0.1, -0.05) is 0 Å². The SMILES string of the molecule is CN1CCN(c2ccnc(N)c2)CC1(C)C. The summed E-state index contributed by atoms with van der Waals surface area (Å²) in [6.45, 7) is 7.68. The molecule has 2 rings (SSSR count). The Kier molecular flexibility index (Phi) is 2.76. The number of nitrogens with two attached hydrogens (primary N) is 1. The topological polar surface area (TPSA) is 45.4 Å². The van der Waals surface area contributed by atoms with Crippen molar-refractivity contribution >= 4 is 11.5 Å². The van der Waals surface area contributed by atoms with Gasteiger partial charge < -0.3 is 10.6 Å². The van der Waals surface area contributed by atoms with Crippen LogP contribution in [0.2, 0.25) is 0 Å². The predicted molar refractivity (Wildman–Crippen MR) is 67.6 cm³/mol. The molecule has 2 heterocycles. The quantitative estimate of drug-likeness (QED) is 0.772. The summed E-state index contributed by atoms with van der Waals surface area (Å²) in [4.78, 5) is 8.80. The molecule has 88 valence electrons. The van der Waals surface area contributed by atoms with Crippen LogP contribution in [0.25, 0.3) is 0 Å². The van der Waals surface area contributed by atoms with Crippen LogP contribution in [-0.4, -0.2) is 42.1 Å². The molecule has 0 unspecified atom stereocenters. The van der Waals surface area contributed by atoms with Crippen molar-refractivity contribution in [2.45, 2.75) is 19.4 Å². The minimum atomic E-state index is 0.205. The molecule has 0 amide bonds. The summed E-state index contributed by atoms with van der Waals surface area (Å²) < 4.78 is 0. The van der Waals surface area contributed by atoms with Crippen LogP contribution in [-0.2, 0) is 0 Å². The summed E-state index contributed by atoms with van der Waals surface area (Å²) in [6.07, 6.45) is 1.77. The molecule has 1 aromatic heterocycles. The van der Waals surface area contributed by atoms with E-state index in [-0.39, 0.29) is 5.54 Å². The first kappa shape index (κ1) is 11.2. The maximum Gasteiger partial charge on any atom is 0.125 e. The molecule has 16 heavy (non-hydrogen) atoms. The van der Waals surface area contributed by atoms with E-state index < -0.39 is 0 Å². The van der Waals surface area contributed by atoms with Gasteiger partial charge in [-0.2, -0.15) is 0 Å². The number of hydrogen-bond donors (Lipinski definition) is 1. The van der Waals surface area contributed by atoms with Crippen molar-refractivity contribution in [3.8, 4) is 0 Å². The molecule has 0 radical (unpaired) electrons. The van der Waals surface area contributed by atoms with Crippen LogP contribution < -0.4 is 10.6 Å². The number of nitrogens with zero attached hydrogens (tertiary/aromatic N) is 3. The first-order valence-electron chi connectivity index (χ1n) is 5.67. The molecular weight excluding hydrogens is 200 g/mol. The van der Waals surface area contributed by atoms with Gasteiger partial charge in [0.1, 0.15) is 5.82 Å². The predicted octanol–water partition coefficient (Wildman–Crippen LogP) is 1.19. The number of nitrogen functional groups attached to an aromatic ring is 1. The normalized spacial score (nSPS) is 21.1. The molecule has 4 heteroatoms. The van der Waals surface area contributed by atoms with Crippen LogP contribution in [0.1, 0.15) is 13.8 Å². The third-order valence-corrected chi connectivity index (χ3v) is 3.45. The lowest BCUT2D eigenvalue weighted by Gasteiger charge is -2.46. The van der Waals surface area contributed by atoms with Crippen molar-refractivity contribution in [3.05, 3.63) is 18.3 Å². The molecule has 0 bridgehead atoms. The van der Waals surface area contributed by atoms with Gasteiger partial charge >= 0.3 is 0 Å². The first-order valence-corrected chi connectivity index (χ1v) is 5.67. The van der Waals surface area contributed by atoms with Gasteiger partial charge in [0.2, 0.25) is 0 Å². The lowest BCUT2D eigenvalue weighted by atomic mass is 9.99. The molecule has 0 aromatic carbocycles. The Morgan fingerprint density at radius 2 is 2.12 bits per heavy atom. The molecule has 1 fully saturated rings. The van der Waals surface area contributed by atoms with E-state index in [9.17, 15) is 0 Å². The number of anilines is 2. The highest BCUT2D eigenvalue weighted by Crippen LogP contribution is 2.24. The molecule has 0 aliphatic carbocycles. The smallest absolute Gasteiger partial charge is 0.125 e. The zero-order chi connectivity index (χ0) is 11.8. The number of hydrogen-bond acceptors (Lipinski definition) is 4. The second kappa shape index (κ2) is 3.94. The fourth-order valence-electron chi connectivity index (χ4n) is 2.09. The van der Waals surface area contributed by atoms with E-state index in [1.165, 1.54) is 5.69 Å². The zero-order valence-electron chi connectivity index (χ0n) is 10.3. The van der Waals surface area contributed by atoms with Gasteiger partial charge in [0.15, 0.2) is 0 Å². The number of likely N-dealkylation sites (N-methyl/N-ethyl adjacent to an activating group) is 1. The summed E-state index contributed by atoms with van der Waals surface area (Å²) in [5, 5.41) is 0. The lowest BCUT2D eigenvalue weighted by Crippen LogP contribution is -2.57. The van der Waals surface area contributed by atoms with Crippen molar-refractivity contribution in [2.24, 2.45) is 0 Å². The monoisotopic (exact) mass is 220 g/mol. The van der Waals surface area contributed by atoms with Gasteiger partial charge in [-0.3, -0.25) is 4.90 Å². The van der Waals surface area contributed by atoms with E-state index in [2.05, 4.69) is 35.7 Å². The largest absolute Gasteiger partial charge is 0.384 e. The molecule has 4 nitrogen and oxygen atoms in total. The molecule has 1 saturated heterocycles. The number of aromatic nitrogens is 1. The van der Waals surface area contributed by atoms with Crippen molar-refractivity contribution in [2.75, 3.05) is 37.3 Å². The molecular formula is C12H20N4. The second-order valence-electron chi connectivity index (χ2n) is 5.09. The van der Waals surface area contributed by atoms with Crippen molar-refractivity contribution in [3.63, 3.8) is 0 Å². The molecule has 0 spiro atoms. The van der Waals surface area contributed by atoms with E-state index in [0.717, 1.165) is 19.6 Å². The van der Waals surface area contributed by atoms with E-state index in [0.29, 0.717) is 5.82 Å². The van der Waals surface area contributed by atoms with Crippen molar-refractivity contribution < 1.29 is 0 Å². The van der Waals surface area contributed by atoms with E-state index in [4.69, 9.17) is 5.73 Å². The van der Waals surface area contributed by atoms with Crippen molar-refractivity contribution in [1.82, 2.24) is 9.88 Å². The highest BCUT2D eigenvalue weighted by molar-refractivity contribution is 5.52. The van der Waals surface area contributed by atoms with E-state index in [1.54, 1.807) is 6.20 Å². The third kappa shape index (κ3) is 2.11. The zero-order valence-corrected chi connectivity index (χ0v) is 10.3. The molecule has 1 aliphatic heterocycles. The molecule has 2 N–H and O–H groups in total. The molecule has 0 atom stereocenters. The first-order chi connectivity index (χ1) is 7.49. The average molecular weight is 220 g/mol. The fourth-order valence-corrected chi connectivity index (χ4v) is 2.09. The Bertz CT molecular complexity index is 375. The average Bonchev–Trinajstić information content (AvgIpc) is 2.22. The Morgan fingerprint density at radius 3 is 2.75 bits per heavy atom. The van der Waals surface area contributed by atoms with Gasteiger partial charge in [-0.15, -0.1) is 0 Å². The van der Waals surface area contributed by atoms with Crippen LogP contribution in [0.4, 0.5) is 11.5 Å². The lowest BCUT2D eigenvalue weighted by molar-refractivity contribution is 0.139. The Morgan fingerprint density at radius 1 is 1.38 bits per heavy atom. The molecule has 1 aliphatic rings. The highest BCUT2D eigenvalue weighted by Gasteiger charge is 2.31.